The highest BCUT2D eigenvalue weighted by Gasteiger charge is 2.45. The molecule has 0 heterocycles. The highest BCUT2D eigenvalue weighted by atomic mass is 16.5. The van der Waals surface area contributed by atoms with Crippen molar-refractivity contribution in [3.8, 4) is 0 Å². The summed E-state index contributed by atoms with van der Waals surface area (Å²) in [5.41, 5.74) is 2.87. The number of nitrogens with one attached hydrogen (secondary N) is 2. The van der Waals surface area contributed by atoms with E-state index in [-0.39, 0.29) is 6.42 Å². The number of hydroxylamine groups is 1. The Balaban J connectivity index is 1.83. The lowest BCUT2D eigenvalue weighted by molar-refractivity contribution is -0.145. The van der Waals surface area contributed by atoms with Crippen LogP contribution >= 0.6 is 0 Å². The molecule has 0 radical (unpaired) electrons. The molecule has 1 unspecified atom stereocenters. The number of amides is 2. The molecule has 132 valence electrons. The maximum atomic E-state index is 12.9. The van der Waals surface area contributed by atoms with E-state index < -0.39 is 17.2 Å². The number of carbonyl (C=O) groups is 2. The molecular formula is C21H20N2O3. The van der Waals surface area contributed by atoms with E-state index in [4.69, 9.17) is 0 Å². The maximum absolute atomic E-state index is 12.9. The molecule has 1 aliphatic carbocycles. The van der Waals surface area contributed by atoms with Crippen LogP contribution in [-0.2, 0) is 16.1 Å². The highest BCUT2D eigenvalue weighted by molar-refractivity contribution is 6.08. The minimum absolute atomic E-state index is 0.167. The Morgan fingerprint density at radius 3 is 2.27 bits per heavy atom. The Kier molecular flexibility index (Phi) is 5.29. The summed E-state index contributed by atoms with van der Waals surface area (Å²) in [5, 5.41) is 12.0. The fourth-order valence-corrected chi connectivity index (χ4v) is 3.05. The zero-order valence-corrected chi connectivity index (χ0v) is 14.2. The molecule has 0 saturated heterocycles. The molecule has 1 atom stereocenters. The lowest BCUT2D eigenvalue weighted by Crippen LogP contribution is -2.50. The smallest absolute Gasteiger partial charge is 0.263 e. The van der Waals surface area contributed by atoms with Gasteiger partial charge in [0.2, 0.25) is 5.91 Å². The Labute approximate surface area is 152 Å². The molecule has 0 bridgehead atoms. The average Bonchev–Trinajstić information content (AvgIpc) is 2.72. The van der Waals surface area contributed by atoms with Gasteiger partial charge in [-0.25, -0.2) is 5.48 Å². The molecule has 0 fully saturated rings. The average molecular weight is 348 g/mol. The SMILES string of the molecule is O=C(NO)C1(C(=O)NCc2ccccc2)C=CC=C(c2ccccc2)C1. The number of rotatable bonds is 5. The molecule has 1 aliphatic rings. The number of hydrogen-bond donors (Lipinski definition) is 3. The van der Waals surface area contributed by atoms with Crippen LogP contribution in [0.15, 0.2) is 78.9 Å². The molecule has 5 heteroatoms. The first-order chi connectivity index (χ1) is 12.7. The van der Waals surface area contributed by atoms with Crippen molar-refractivity contribution in [2.24, 2.45) is 5.41 Å². The van der Waals surface area contributed by atoms with Gasteiger partial charge in [0, 0.05) is 6.54 Å². The summed E-state index contributed by atoms with van der Waals surface area (Å²) in [6.07, 6.45) is 5.26. The van der Waals surface area contributed by atoms with Crippen LogP contribution in [0.25, 0.3) is 5.57 Å². The second-order valence-corrected chi connectivity index (χ2v) is 6.17. The van der Waals surface area contributed by atoms with Gasteiger partial charge in [-0.3, -0.25) is 14.8 Å². The summed E-state index contributed by atoms with van der Waals surface area (Å²) in [6.45, 7) is 0.304. The molecule has 0 aromatic heterocycles. The van der Waals surface area contributed by atoms with Crippen molar-refractivity contribution in [1.29, 1.82) is 0 Å². The summed E-state index contributed by atoms with van der Waals surface area (Å²) >= 11 is 0. The normalized spacial score (nSPS) is 18.7. The van der Waals surface area contributed by atoms with E-state index in [1.54, 1.807) is 11.6 Å². The Hall–Kier alpha value is -3.18. The summed E-state index contributed by atoms with van der Waals surface area (Å²) in [5.74, 6) is -1.20. The zero-order chi connectivity index (χ0) is 18.4. The fourth-order valence-electron chi connectivity index (χ4n) is 3.05. The third-order valence-electron chi connectivity index (χ3n) is 4.50. The molecule has 0 saturated carbocycles. The van der Waals surface area contributed by atoms with E-state index >= 15 is 0 Å². The van der Waals surface area contributed by atoms with E-state index in [1.165, 1.54) is 6.08 Å². The lowest BCUT2D eigenvalue weighted by Gasteiger charge is -2.30. The van der Waals surface area contributed by atoms with E-state index in [0.29, 0.717) is 6.54 Å². The second-order valence-electron chi connectivity index (χ2n) is 6.17. The summed E-state index contributed by atoms with van der Waals surface area (Å²) < 4.78 is 0. The predicted octanol–water partition coefficient (Wildman–Crippen LogP) is 2.84. The first-order valence-corrected chi connectivity index (χ1v) is 8.36. The van der Waals surface area contributed by atoms with Crippen LogP contribution in [0.4, 0.5) is 0 Å². The standard InChI is InChI=1S/C21H20N2O3/c24-19(22-15-16-8-3-1-4-9-16)21(20(25)23-26)13-7-12-18(14-21)17-10-5-2-6-11-17/h1-13,26H,14-15H2,(H,22,24)(H,23,25). The van der Waals surface area contributed by atoms with Crippen LogP contribution in [0.2, 0.25) is 0 Å². The van der Waals surface area contributed by atoms with Gasteiger partial charge < -0.3 is 5.32 Å². The Bertz CT molecular complexity index is 844. The third-order valence-corrected chi connectivity index (χ3v) is 4.50. The van der Waals surface area contributed by atoms with Crippen molar-refractivity contribution < 1.29 is 14.8 Å². The summed E-state index contributed by atoms with van der Waals surface area (Å²) in [4.78, 5) is 25.3. The van der Waals surface area contributed by atoms with E-state index in [1.807, 2.05) is 66.7 Å². The van der Waals surface area contributed by atoms with Crippen LogP contribution in [0.5, 0.6) is 0 Å². The zero-order valence-electron chi connectivity index (χ0n) is 14.2. The molecule has 26 heavy (non-hydrogen) atoms. The van der Waals surface area contributed by atoms with Crippen molar-refractivity contribution in [2.75, 3.05) is 0 Å². The Morgan fingerprint density at radius 1 is 0.962 bits per heavy atom. The number of hydrogen-bond acceptors (Lipinski definition) is 3. The lowest BCUT2D eigenvalue weighted by atomic mass is 9.75. The van der Waals surface area contributed by atoms with E-state index in [2.05, 4.69) is 5.32 Å². The van der Waals surface area contributed by atoms with Gasteiger partial charge in [0.15, 0.2) is 5.41 Å². The van der Waals surface area contributed by atoms with Gasteiger partial charge in [-0.1, -0.05) is 78.9 Å². The summed E-state index contributed by atoms with van der Waals surface area (Å²) in [7, 11) is 0. The molecule has 0 aliphatic heterocycles. The first kappa shape index (κ1) is 17.6. The molecule has 3 N–H and O–H groups in total. The minimum atomic E-state index is -1.50. The highest BCUT2D eigenvalue weighted by Crippen LogP contribution is 2.37. The topological polar surface area (TPSA) is 78.4 Å². The molecular weight excluding hydrogens is 328 g/mol. The fraction of sp³-hybridized carbons (Fsp3) is 0.143. The van der Waals surface area contributed by atoms with Crippen LogP contribution < -0.4 is 10.8 Å². The van der Waals surface area contributed by atoms with Crippen LogP contribution in [0, 0.1) is 5.41 Å². The second kappa shape index (κ2) is 7.80. The van der Waals surface area contributed by atoms with Gasteiger partial charge in [0.05, 0.1) is 0 Å². The van der Waals surface area contributed by atoms with Crippen molar-refractivity contribution >= 4 is 17.4 Å². The molecule has 2 amide bonds. The maximum Gasteiger partial charge on any atom is 0.263 e. The van der Waals surface area contributed by atoms with E-state index in [9.17, 15) is 14.8 Å². The van der Waals surface area contributed by atoms with Crippen molar-refractivity contribution in [3.63, 3.8) is 0 Å². The monoisotopic (exact) mass is 348 g/mol. The van der Waals surface area contributed by atoms with Crippen molar-refractivity contribution in [1.82, 2.24) is 10.8 Å². The molecule has 0 spiro atoms. The van der Waals surface area contributed by atoms with Crippen molar-refractivity contribution in [3.05, 3.63) is 90.0 Å². The van der Waals surface area contributed by atoms with Gasteiger partial charge in [0.1, 0.15) is 0 Å². The van der Waals surface area contributed by atoms with Gasteiger partial charge in [-0.05, 0) is 23.1 Å². The van der Waals surface area contributed by atoms with Crippen LogP contribution in [0.3, 0.4) is 0 Å². The van der Waals surface area contributed by atoms with Gasteiger partial charge in [0.25, 0.3) is 5.91 Å². The Morgan fingerprint density at radius 2 is 1.62 bits per heavy atom. The number of allylic oxidation sites excluding steroid dienone is 3. The van der Waals surface area contributed by atoms with Crippen LogP contribution in [-0.4, -0.2) is 17.0 Å². The number of benzene rings is 2. The first-order valence-electron chi connectivity index (χ1n) is 8.36. The molecule has 3 rings (SSSR count). The van der Waals surface area contributed by atoms with Gasteiger partial charge in [-0.15, -0.1) is 0 Å². The third kappa shape index (κ3) is 3.58. The predicted molar refractivity (Wildman–Crippen MR) is 98.8 cm³/mol. The van der Waals surface area contributed by atoms with Gasteiger partial charge >= 0.3 is 0 Å². The van der Waals surface area contributed by atoms with E-state index in [0.717, 1.165) is 16.7 Å². The van der Waals surface area contributed by atoms with Crippen molar-refractivity contribution in [2.45, 2.75) is 13.0 Å². The molecule has 2 aromatic rings. The number of carbonyl (C=O) groups excluding carboxylic acids is 2. The molecule has 2 aromatic carbocycles. The quantitative estimate of drug-likeness (QED) is 0.442. The van der Waals surface area contributed by atoms with Gasteiger partial charge in [-0.2, -0.15) is 0 Å². The van der Waals surface area contributed by atoms with Crippen LogP contribution in [0.1, 0.15) is 17.5 Å². The largest absolute Gasteiger partial charge is 0.351 e. The molecule has 5 nitrogen and oxygen atoms in total. The summed E-state index contributed by atoms with van der Waals surface area (Å²) in [6, 6.07) is 19.0. The minimum Gasteiger partial charge on any atom is -0.351 e.